The quantitative estimate of drug-likeness (QED) is 0.769. The Labute approximate surface area is 120 Å². The van der Waals surface area contributed by atoms with Crippen LogP contribution in [0.3, 0.4) is 0 Å². The molecule has 2 aromatic rings. The van der Waals surface area contributed by atoms with Crippen molar-refractivity contribution in [1.29, 1.82) is 0 Å². The van der Waals surface area contributed by atoms with E-state index >= 15 is 0 Å². The lowest BCUT2D eigenvalue weighted by atomic mass is 10.1. The number of rotatable bonds is 3. The van der Waals surface area contributed by atoms with Gasteiger partial charge in [0.2, 0.25) is 0 Å². The van der Waals surface area contributed by atoms with Crippen molar-refractivity contribution in [2.45, 2.75) is 13.5 Å². The van der Waals surface area contributed by atoms with Crippen molar-refractivity contribution >= 4 is 28.9 Å². The molecule has 0 radical (unpaired) electrons. The predicted octanol–water partition coefficient (Wildman–Crippen LogP) is 5.19. The van der Waals surface area contributed by atoms with Gasteiger partial charge in [-0.15, -0.1) is 0 Å². The van der Waals surface area contributed by atoms with Crippen LogP contribution in [0.25, 0.3) is 0 Å². The van der Waals surface area contributed by atoms with E-state index in [9.17, 15) is 8.78 Å². The zero-order valence-electron chi connectivity index (χ0n) is 10.1. The molecule has 0 aliphatic heterocycles. The molecule has 0 unspecified atom stereocenters. The Morgan fingerprint density at radius 2 is 1.68 bits per heavy atom. The van der Waals surface area contributed by atoms with Crippen LogP contribution in [0.1, 0.15) is 11.1 Å². The van der Waals surface area contributed by atoms with Gasteiger partial charge in [-0.1, -0.05) is 29.3 Å². The summed E-state index contributed by atoms with van der Waals surface area (Å²) in [7, 11) is 0. The first-order valence-corrected chi connectivity index (χ1v) is 6.36. The van der Waals surface area contributed by atoms with E-state index in [4.69, 9.17) is 23.2 Å². The smallest absolute Gasteiger partial charge is 0.160 e. The minimum absolute atomic E-state index is 0.0500. The third-order valence-corrected chi connectivity index (χ3v) is 3.33. The molecule has 0 spiro atoms. The minimum atomic E-state index is -0.643. The van der Waals surface area contributed by atoms with E-state index in [-0.39, 0.29) is 15.9 Å². The zero-order chi connectivity index (χ0) is 14.0. The summed E-state index contributed by atoms with van der Waals surface area (Å²) in [6.45, 7) is 2.29. The van der Waals surface area contributed by atoms with Crippen LogP contribution in [0.2, 0.25) is 10.0 Å². The van der Waals surface area contributed by atoms with Crippen molar-refractivity contribution in [3.63, 3.8) is 0 Å². The molecule has 100 valence electrons. The molecular formula is C14H11Cl2F2N. The Kier molecular flexibility index (Phi) is 4.27. The lowest BCUT2D eigenvalue weighted by molar-refractivity contribution is 0.625. The summed E-state index contributed by atoms with van der Waals surface area (Å²) in [5.41, 5.74) is 2.37. The first kappa shape index (κ1) is 14.1. The van der Waals surface area contributed by atoms with E-state index in [1.165, 1.54) is 24.3 Å². The normalized spacial score (nSPS) is 10.6. The maximum absolute atomic E-state index is 13.2. The molecule has 2 aromatic carbocycles. The standard InChI is InChI=1S/C14H11Cl2F2N/c1-8-2-3-10(17)4-9(8)7-19-11-5-12(15)14(18)13(16)6-11/h2-6,19H,7H2,1H3. The molecule has 5 heteroatoms. The Morgan fingerprint density at radius 3 is 2.32 bits per heavy atom. The lowest BCUT2D eigenvalue weighted by Gasteiger charge is -2.10. The van der Waals surface area contributed by atoms with Crippen molar-refractivity contribution in [2.75, 3.05) is 5.32 Å². The summed E-state index contributed by atoms with van der Waals surface area (Å²) in [5.74, 6) is -0.937. The van der Waals surface area contributed by atoms with Gasteiger partial charge in [0.05, 0.1) is 10.0 Å². The molecule has 0 atom stereocenters. The van der Waals surface area contributed by atoms with Crippen LogP contribution >= 0.6 is 23.2 Å². The van der Waals surface area contributed by atoms with Crippen LogP contribution < -0.4 is 5.32 Å². The van der Waals surface area contributed by atoms with E-state index < -0.39 is 5.82 Å². The molecule has 0 fully saturated rings. The van der Waals surface area contributed by atoms with Gasteiger partial charge in [-0.3, -0.25) is 0 Å². The third-order valence-electron chi connectivity index (χ3n) is 2.78. The summed E-state index contributed by atoms with van der Waals surface area (Å²) in [6, 6.07) is 7.45. The first-order valence-electron chi connectivity index (χ1n) is 5.61. The summed E-state index contributed by atoms with van der Waals surface area (Å²) < 4.78 is 26.4. The SMILES string of the molecule is Cc1ccc(F)cc1CNc1cc(Cl)c(F)c(Cl)c1. The first-order chi connectivity index (χ1) is 8.97. The number of benzene rings is 2. The van der Waals surface area contributed by atoms with E-state index in [1.54, 1.807) is 6.07 Å². The Bertz CT molecular complexity index is 591. The van der Waals surface area contributed by atoms with Crippen molar-refractivity contribution in [2.24, 2.45) is 0 Å². The fourth-order valence-electron chi connectivity index (χ4n) is 1.69. The molecule has 19 heavy (non-hydrogen) atoms. The van der Waals surface area contributed by atoms with Gasteiger partial charge < -0.3 is 5.32 Å². The molecule has 0 aliphatic rings. The fourth-order valence-corrected chi connectivity index (χ4v) is 2.17. The van der Waals surface area contributed by atoms with Crippen molar-refractivity contribution in [1.82, 2.24) is 0 Å². The molecule has 0 heterocycles. The minimum Gasteiger partial charge on any atom is -0.381 e. The molecule has 0 saturated heterocycles. The largest absolute Gasteiger partial charge is 0.381 e. The summed E-state index contributed by atoms with van der Waals surface area (Å²) in [5, 5.41) is 2.94. The maximum atomic E-state index is 13.2. The fraction of sp³-hybridized carbons (Fsp3) is 0.143. The highest BCUT2D eigenvalue weighted by Gasteiger charge is 2.08. The van der Waals surface area contributed by atoms with Crippen molar-refractivity contribution in [3.05, 3.63) is 63.1 Å². The third kappa shape index (κ3) is 3.37. The van der Waals surface area contributed by atoms with Gasteiger partial charge in [-0.2, -0.15) is 0 Å². The van der Waals surface area contributed by atoms with E-state index in [2.05, 4.69) is 5.32 Å². The highest BCUT2D eigenvalue weighted by Crippen LogP contribution is 2.27. The number of hydrogen-bond donors (Lipinski definition) is 1. The molecular weight excluding hydrogens is 291 g/mol. The zero-order valence-corrected chi connectivity index (χ0v) is 11.6. The summed E-state index contributed by atoms with van der Waals surface area (Å²) in [4.78, 5) is 0. The van der Waals surface area contributed by atoms with Gasteiger partial charge in [0.1, 0.15) is 5.82 Å². The topological polar surface area (TPSA) is 12.0 Å². The van der Waals surface area contributed by atoms with Crippen LogP contribution in [0.5, 0.6) is 0 Å². The number of nitrogens with one attached hydrogen (secondary N) is 1. The maximum Gasteiger partial charge on any atom is 0.160 e. The van der Waals surface area contributed by atoms with Crippen LogP contribution in [-0.4, -0.2) is 0 Å². The monoisotopic (exact) mass is 301 g/mol. The number of aryl methyl sites for hydroxylation is 1. The highest BCUT2D eigenvalue weighted by atomic mass is 35.5. The van der Waals surface area contributed by atoms with E-state index in [0.717, 1.165) is 11.1 Å². The average Bonchev–Trinajstić information content (AvgIpc) is 2.37. The highest BCUT2D eigenvalue weighted by molar-refractivity contribution is 6.35. The Morgan fingerprint density at radius 1 is 1.05 bits per heavy atom. The van der Waals surface area contributed by atoms with Crippen LogP contribution in [0, 0.1) is 18.6 Å². The van der Waals surface area contributed by atoms with Gasteiger partial charge in [-0.05, 0) is 42.3 Å². The molecule has 0 saturated carbocycles. The van der Waals surface area contributed by atoms with Gasteiger partial charge in [0, 0.05) is 12.2 Å². The second kappa shape index (κ2) is 5.76. The van der Waals surface area contributed by atoms with Crippen molar-refractivity contribution in [3.8, 4) is 0 Å². The van der Waals surface area contributed by atoms with Gasteiger partial charge in [0.15, 0.2) is 5.82 Å². The Balaban J connectivity index is 2.17. The number of halogens is 4. The van der Waals surface area contributed by atoms with Crippen LogP contribution in [0.4, 0.5) is 14.5 Å². The second-order valence-corrected chi connectivity index (χ2v) is 4.99. The molecule has 0 bridgehead atoms. The molecule has 1 N–H and O–H groups in total. The van der Waals surface area contributed by atoms with Gasteiger partial charge in [-0.25, -0.2) is 8.78 Å². The second-order valence-electron chi connectivity index (χ2n) is 4.18. The molecule has 0 aromatic heterocycles. The van der Waals surface area contributed by atoms with Crippen LogP contribution in [0.15, 0.2) is 30.3 Å². The number of hydrogen-bond acceptors (Lipinski definition) is 1. The van der Waals surface area contributed by atoms with Crippen LogP contribution in [-0.2, 0) is 6.54 Å². The Hall–Kier alpha value is -1.32. The molecule has 2 rings (SSSR count). The molecule has 0 aliphatic carbocycles. The average molecular weight is 302 g/mol. The molecule has 1 nitrogen and oxygen atoms in total. The van der Waals surface area contributed by atoms with Gasteiger partial charge in [0.25, 0.3) is 0 Å². The molecule has 0 amide bonds. The summed E-state index contributed by atoms with van der Waals surface area (Å²) in [6.07, 6.45) is 0. The lowest BCUT2D eigenvalue weighted by Crippen LogP contribution is -2.02. The summed E-state index contributed by atoms with van der Waals surface area (Å²) >= 11 is 11.4. The van der Waals surface area contributed by atoms with E-state index in [1.807, 2.05) is 6.92 Å². The number of anilines is 1. The predicted molar refractivity (Wildman–Crippen MR) is 74.9 cm³/mol. The van der Waals surface area contributed by atoms with Crippen molar-refractivity contribution < 1.29 is 8.78 Å². The van der Waals surface area contributed by atoms with Gasteiger partial charge >= 0.3 is 0 Å². The van der Waals surface area contributed by atoms with E-state index in [0.29, 0.717) is 12.2 Å².